The number of pyridine rings is 1. The molecule has 1 heterocycles. The molecule has 0 bridgehead atoms. The number of aliphatic imine (C=N–C) groups is 2. The smallest absolute Gasteiger partial charge is 0.251 e. The van der Waals surface area contributed by atoms with Crippen LogP contribution in [0.15, 0.2) is 76.7 Å². The Balaban J connectivity index is 1.90. The van der Waals surface area contributed by atoms with Gasteiger partial charge in [0.05, 0.1) is 45.3 Å². The number of hydrogen-bond donors (Lipinski definition) is 0. The zero-order valence-corrected chi connectivity index (χ0v) is 17.0. The Bertz CT molecular complexity index is 1090. The van der Waals surface area contributed by atoms with Crippen LogP contribution in [0.1, 0.15) is 36.4 Å². The molecule has 166 valence electrons. The van der Waals surface area contributed by atoms with Crippen LogP contribution in [-0.4, -0.2) is 16.4 Å². The molecule has 2 aromatic carbocycles. The van der Waals surface area contributed by atoms with E-state index in [4.69, 9.17) is 0 Å². The normalized spacial score (nSPS) is 13.4. The van der Waals surface area contributed by atoms with Gasteiger partial charge in [0.2, 0.25) is 0 Å². The highest BCUT2D eigenvalue weighted by Gasteiger charge is 2.31. The number of alkyl halides is 6. The van der Waals surface area contributed by atoms with Gasteiger partial charge in [0.1, 0.15) is 0 Å². The van der Waals surface area contributed by atoms with Crippen LogP contribution in [0.3, 0.4) is 0 Å². The molecule has 0 aliphatic rings. The Kier molecular flexibility index (Phi) is 6.47. The fraction of sp³-hybridized carbons (Fsp3) is 0.174. The summed E-state index contributed by atoms with van der Waals surface area (Å²) < 4.78 is 77.4. The molecule has 0 radical (unpaired) electrons. The molecule has 0 atom stereocenters. The second-order valence-corrected chi connectivity index (χ2v) is 6.90. The molecule has 1 aromatic heterocycles. The highest BCUT2D eigenvalue weighted by atomic mass is 19.4. The molecule has 9 heteroatoms. The Morgan fingerprint density at radius 1 is 0.625 bits per heavy atom. The van der Waals surface area contributed by atoms with Crippen molar-refractivity contribution in [2.24, 2.45) is 9.98 Å². The summed E-state index contributed by atoms with van der Waals surface area (Å²) in [6.45, 7) is 3.21. The second-order valence-electron chi connectivity index (χ2n) is 6.90. The van der Waals surface area contributed by atoms with E-state index in [2.05, 4.69) is 15.0 Å². The molecule has 3 aromatic rings. The van der Waals surface area contributed by atoms with E-state index in [1.54, 1.807) is 32.0 Å². The molecule has 0 N–H and O–H groups in total. The first-order chi connectivity index (χ1) is 14.9. The first-order valence-corrected chi connectivity index (χ1v) is 9.36. The largest absolute Gasteiger partial charge is 0.416 e. The van der Waals surface area contributed by atoms with Crippen LogP contribution in [-0.2, 0) is 12.4 Å². The van der Waals surface area contributed by atoms with Gasteiger partial charge in [0.15, 0.2) is 0 Å². The van der Waals surface area contributed by atoms with Crippen molar-refractivity contribution >= 4 is 22.8 Å². The molecular weight excluding hydrogens is 432 g/mol. The maximum Gasteiger partial charge on any atom is 0.416 e. The minimum atomic E-state index is -4.48. The first-order valence-electron chi connectivity index (χ1n) is 9.36. The Morgan fingerprint density at radius 2 is 1.00 bits per heavy atom. The predicted molar refractivity (Wildman–Crippen MR) is 111 cm³/mol. The van der Waals surface area contributed by atoms with Gasteiger partial charge in [-0.15, -0.1) is 0 Å². The van der Waals surface area contributed by atoms with Crippen LogP contribution >= 0.6 is 0 Å². The number of hydrogen-bond acceptors (Lipinski definition) is 3. The molecule has 0 unspecified atom stereocenters. The van der Waals surface area contributed by atoms with Crippen molar-refractivity contribution in [2.45, 2.75) is 26.2 Å². The monoisotopic (exact) mass is 449 g/mol. The van der Waals surface area contributed by atoms with Gasteiger partial charge in [0, 0.05) is 0 Å². The molecule has 0 saturated carbocycles. The summed E-state index contributed by atoms with van der Waals surface area (Å²) in [6.07, 6.45) is -8.96. The number of nitrogens with zero attached hydrogens (tertiary/aromatic N) is 3. The van der Waals surface area contributed by atoms with Gasteiger partial charge < -0.3 is 0 Å². The molecule has 3 rings (SSSR count). The van der Waals surface area contributed by atoms with Crippen LogP contribution in [0.4, 0.5) is 37.7 Å². The van der Waals surface area contributed by atoms with Gasteiger partial charge in [-0.05, 0) is 62.4 Å². The van der Waals surface area contributed by atoms with Crippen LogP contribution in [0.25, 0.3) is 0 Å². The lowest BCUT2D eigenvalue weighted by Gasteiger charge is -2.08. The molecule has 32 heavy (non-hydrogen) atoms. The van der Waals surface area contributed by atoms with Gasteiger partial charge in [-0.2, -0.15) is 26.3 Å². The topological polar surface area (TPSA) is 37.6 Å². The van der Waals surface area contributed by atoms with E-state index < -0.39 is 23.5 Å². The van der Waals surface area contributed by atoms with Crippen molar-refractivity contribution in [3.05, 3.63) is 89.2 Å². The van der Waals surface area contributed by atoms with Crippen molar-refractivity contribution in [2.75, 3.05) is 0 Å². The van der Waals surface area contributed by atoms with Crippen molar-refractivity contribution in [3.63, 3.8) is 0 Å². The summed E-state index contributed by atoms with van der Waals surface area (Å²) >= 11 is 0. The molecule has 0 fully saturated rings. The summed E-state index contributed by atoms with van der Waals surface area (Å²) in [6, 6.07) is 14.2. The van der Waals surface area contributed by atoms with Crippen LogP contribution in [0.2, 0.25) is 0 Å². The second kappa shape index (κ2) is 8.94. The standard InChI is InChI=1S/C23H17F6N3/c1-14(30-18-8-3-6-16(12-18)22(24,25)26)20-10-5-11-21(32-20)15(2)31-19-9-4-7-17(13-19)23(27,28)29/h3-13H,1-2H3. The lowest BCUT2D eigenvalue weighted by atomic mass is 10.1. The number of benzene rings is 2. The van der Waals surface area contributed by atoms with Crippen molar-refractivity contribution in [1.29, 1.82) is 0 Å². The molecule has 3 nitrogen and oxygen atoms in total. The zero-order chi connectivity index (χ0) is 23.5. The third-order valence-corrected chi connectivity index (χ3v) is 4.43. The lowest BCUT2D eigenvalue weighted by molar-refractivity contribution is -0.138. The number of rotatable bonds is 4. The van der Waals surface area contributed by atoms with E-state index in [9.17, 15) is 26.3 Å². The quantitative estimate of drug-likeness (QED) is 0.302. The maximum absolute atomic E-state index is 12.9. The molecule has 0 aliphatic heterocycles. The fourth-order valence-electron chi connectivity index (χ4n) is 2.84. The first kappa shape index (κ1) is 23.2. The number of halogens is 6. The molecule has 0 aliphatic carbocycles. The summed E-state index contributed by atoms with van der Waals surface area (Å²) in [5, 5.41) is 0. The van der Waals surface area contributed by atoms with E-state index in [0.717, 1.165) is 24.3 Å². The van der Waals surface area contributed by atoms with Gasteiger partial charge in [-0.1, -0.05) is 18.2 Å². The predicted octanol–water partition coefficient (Wildman–Crippen LogP) is 7.40. The van der Waals surface area contributed by atoms with E-state index in [1.165, 1.54) is 24.3 Å². The minimum absolute atomic E-state index is 0.124. The fourth-order valence-corrected chi connectivity index (χ4v) is 2.84. The Hall–Kier alpha value is -3.49. The average molecular weight is 449 g/mol. The molecular formula is C23H17F6N3. The third-order valence-electron chi connectivity index (χ3n) is 4.43. The van der Waals surface area contributed by atoms with Gasteiger partial charge in [0.25, 0.3) is 0 Å². The third kappa shape index (κ3) is 5.81. The van der Waals surface area contributed by atoms with E-state index in [1.807, 2.05) is 0 Å². The zero-order valence-electron chi connectivity index (χ0n) is 17.0. The highest BCUT2D eigenvalue weighted by molar-refractivity contribution is 6.02. The summed E-state index contributed by atoms with van der Waals surface area (Å²) in [5.41, 5.74) is 0.181. The molecule has 0 saturated heterocycles. The van der Waals surface area contributed by atoms with Crippen molar-refractivity contribution in [1.82, 2.24) is 4.98 Å². The number of aromatic nitrogens is 1. The van der Waals surface area contributed by atoms with E-state index >= 15 is 0 Å². The van der Waals surface area contributed by atoms with E-state index in [-0.39, 0.29) is 11.4 Å². The Labute approximate surface area is 180 Å². The maximum atomic E-state index is 12.9. The average Bonchev–Trinajstić information content (AvgIpc) is 2.73. The Morgan fingerprint density at radius 3 is 1.38 bits per heavy atom. The summed E-state index contributed by atoms with van der Waals surface area (Å²) in [7, 11) is 0. The van der Waals surface area contributed by atoms with Gasteiger partial charge >= 0.3 is 12.4 Å². The van der Waals surface area contributed by atoms with Crippen LogP contribution < -0.4 is 0 Å². The molecule has 0 amide bonds. The highest BCUT2D eigenvalue weighted by Crippen LogP contribution is 2.32. The SMILES string of the molecule is CC(=Nc1cccc(C(F)(F)F)c1)c1cccc(C(C)=Nc2cccc(C(F)(F)F)c2)n1. The van der Waals surface area contributed by atoms with Crippen LogP contribution in [0, 0.1) is 0 Å². The van der Waals surface area contributed by atoms with Gasteiger partial charge in [-0.25, -0.2) is 4.98 Å². The van der Waals surface area contributed by atoms with Gasteiger partial charge in [-0.3, -0.25) is 9.98 Å². The van der Waals surface area contributed by atoms with E-state index in [0.29, 0.717) is 22.8 Å². The molecule has 0 spiro atoms. The lowest BCUT2D eigenvalue weighted by Crippen LogP contribution is -2.06. The summed E-state index contributed by atoms with van der Waals surface area (Å²) in [5.74, 6) is 0. The summed E-state index contributed by atoms with van der Waals surface area (Å²) in [4.78, 5) is 12.8. The van der Waals surface area contributed by atoms with Crippen molar-refractivity contribution < 1.29 is 26.3 Å². The minimum Gasteiger partial charge on any atom is -0.251 e. The van der Waals surface area contributed by atoms with Crippen LogP contribution in [0.5, 0.6) is 0 Å². The van der Waals surface area contributed by atoms with Crippen molar-refractivity contribution in [3.8, 4) is 0 Å².